The van der Waals surface area contributed by atoms with E-state index >= 15 is 0 Å². The molecule has 0 unspecified atom stereocenters. The molecule has 0 aliphatic carbocycles. The second-order valence-electron chi connectivity index (χ2n) is 11.9. The van der Waals surface area contributed by atoms with Crippen molar-refractivity contribution in [2.75, 3.05) is 10.6 Å². The molecule has 5 heteroatoms. The summed E-state index contributed by atoms with van der Waals surface area (Å²) in [6.45, 7) is 0. The molecule has 8 rings (SSSR count). The molecule has 0 bridgehead atoms. The van der Waals surface area contributed by atoms with Gasteiger partial charge < -0.3 is 10.6 Å². The SMILES string of the molecule is Nc1ccc(-c2ccc(-c3cccc(N(c4ccc(-c5ccccc5)cc4)c4ccc5c(c4)sc4ccccc45)c3)cc2)cc1/C(Br)=C/Br. The van der Waals surface area contributed by atoms with Gasteiger partial charge in [-0.3, -0.25) is 0 Å². The fourth-order valence-corrected chi connectivity index (χ4v) is 8.14. The fraction of sp³-hybridized carbons (Fsp3) is 0. The first kappa shape index (κ1) is 31.3. The lowest BCUT2D eigenvalue weighted by atomic mass is 9.98. The predicted octanol–water partition coefficient (Wildman–Crippen LogP) is 14.2. The van der Waals surface area contributed by atoms with Gasteiger partial charge in [0, 0.05) is 53.0 Å². The molecule has 0 saturated heterocycles. The summed E-state index contributed by atoms with van der Waals surface area (Å²) in [5.41, 5.74) is 18.2. The van der Waals surface area contributed by atoms with Crippen LogP contribution in [0.1, 0.15) is 5.56 Å². The Kier molecular flexibility index (Phi) is 8.65. The molecule has 0 aliphatic rings. The van der Waals surface area contributed by atoms with Crippen LogP contribution in [-0.4, -0.2) is 0 Å². The number of hydrogen-bond donors (Lipinski definition) is 1. The van der Waals surface area contributed by atoms with E-state index in [1.807, 2.05) is 22.4 Å². The van der Waals surface area contributed by atoms with Crippen LogP contribution in [0.5, 0.6) is 0 Å². The zero-order valence-corrected chi connectivity index (χ0v) is 30.3. The van der Waals surface area contributed by atoms with Crippen molar-refractivity contribution in [2.45, 2.75) is 0 Å². The highest BCUT2D eigenvalue weighted by Gasteiger charge is 2.16. The molecule has 0 atom stereocenters. The molecule has 49 heavy (non-hydrogen) atoms. The van der Waals surface area contributed by atoms with Crippen molar-refractivity contribution >= 4 is 90.6 Å². The molecule has 1 heterocycles. The number of nitrogens with zero attached hydrogens (tertiary/aromatic N) is 1. The quantitative estimate of drug-likeness (QED) is 0.163. The zero-order chi connectivity index (χ0) is 33.3. The van der Waals surface area contributed by atoms with Crippen molar-refractivity contribution in [2.24, 2.45) is 0 Å². The average molecular weight is 779 g/mol. The maximum Gasteiger partial charge on any atom is 0.0476 e. The predicted molar refractivity (Wildman–Crippen MR) is 221 cm³/mol. The molecular formula is C44H30Br2N2S. The summed E-state index contributed by atoms with van der Waals surface area (Å²) < 4.78 is 3.49. The molecule has 8 aromatic rings. The molecular weight excluding hydrogens is 748 g/mol. The first-order valence-electron chi connectivity index (χ1n) is 16.0. The van der Waals surface area contributed by atoms with E-state index in [1.54, 1.807) is 0 Å². The molecule has 0 amide bonds. The van der Waals surface area contributed by atoms with Gasteiger partial charge in [0.05, 0.1) is 0 Å². The number of rotatable bonds is 7. The van der Waals surface area contributed by atoms with Crippen LogP contribution in [0.4, 0.5) is 22.7 Å². The van der Waals surface area contributed by atoms with Crippen molar-refractivity contribution < 1.29 is 0 Å². The number of thiophene rings is 1. The topological polar surface area (TPSA) is 29.3 Å². The Balaban J connectivity index is 1.19. The van der Waals surface area contributed by atoms with Gasteiger partial charge in [0.1, 0.15) is 0 Å². The van der Waals surface area contributed by atoms with E-state index < -0.39 is 0 Å². The number of nitrogen functional groups attached to an aromatic ring is 1. The van der Waals surface area contributed by atoms with E-state index in [0.29, 0.717) is 0 Å². The summed E-state index contributed by atoms with van der Waals surface area (Å²) in [5, 5.41) is 2.60. The molecule has 236 valence electrons. The Labute approximate surface area is 307 Å². The summed E-state index contributed by atoms with van der Waals surface area (Å²) in [6.07, 6.45) is 0. The van der Waals surface area contributed by atoms with Gasteiger partial charge in [-0.15, -0.1) is 11.3 Å². The minimum Gasteiger partial charge on any atom is -0.398 e. The molecule has 2 nitrogen and oxygen atoms in total. The summed E-state index contributed by atoms with van der Waals surface area (Å²) in [7, 11) is 0. The second kappa shape index (κ2) is 13.5. The summed E-state index contributed by atoms with van der Waals surface area (Å²) in [6, 6.07) is 58.6. The van der Waals surface area contributed by atoms with E-state index in [9.17, 15) is 0 Å². The van der Waals surface area contributed by atoms with Crippen LogP contribution in [0.15, 0.2) is 169 Å². The van der Waals surface area contributed by atoms with Gasteiger partial charge in [-0.05, 0) is 109 Å². The summed E-state index contributed by atoms with van der Waals surface area (Å²) >= 11 is 8.86. The van der Waals surface area contributed by atoms with Gasteiger partial charge in [-0.25, -0.2) is 0 Å². The standard InChI is InChI=1S/C44H30Br2N2S/c45-28-41(46)40-26-34(19-24-42(40)47)32-15-13-31(14-16-32)33-9-6-10-36(25-33)48(35-20-17-30(18-21-35)29-7-2-1-3-8-29)37-22-23-39-38-11-4-5-12-43(38)49-44(39)27-37/h1-28H,47H2/b41-28-. The maximum absolute atomic E-state index is 6.25. The smallest absolute Gasteiger partial charge is 0.0476 e. The summed E-state index contributed by atoms with van der Waals surface area (Å²) in [4.78, 5) is 4.20. The number of nitrogens with two attached hydrogens (primary N) is 1. The average Bonchev–Trinajstić information content (AvgIpc) is 3.54. The third kappa shape index (κ3) is 6.22. The molecule has 0 fully saturated rings. The number of benzene rings is 7. The van der Waals surface area contributed by atoms with Gasteiger partial charge >= 0.3 is 0 Å². The highest BCUT2D eigenvalue weighted by molar-refractivity contribution is 9.16. The number of fused-ring (bicyclic) bond motifs is 3. The van der Waals surface area contributed by atoms with E-state index in [2.05, 4.69) is 194 Å². The molecule has 7 aromatic carbocycles. The van der Waals surface area contributed by atoms with Crippen molar-refractivity contribution in [3.63, 3.8) is 0 Å². The van der Waals surface area contributed by atoms with Gasteiger partial charge in [0.25, 0.3) is 0 Å². The number of hydrogen-bond acceptors (Lipinski definition) is 3. The molecule has 0 saturated carbocycles. The number of halogens is 2. The molecule has 0 aliphatic heterocycles. The monoisotopic (exact) mass is 776 g/mol. The third-order valence-electron chi connectivity index (χ3n) is 8.92. The number of anilines is 4. The van der Waals surface area contributed by atoms with Crippen LogP contribution in [0.3, 0.4) is 0 Å². The lowest BCUT2D eigenvalue weighted by Gasteiger charge is -2.26. The van der Waals surface area contributed by atoms with Crippen LogP contribution in [0.2, 0.25) is 0 Å². The highest BCUT2D eigenvalue weighted by atomic mass is 79.9. The van der Waals surface area contributed by atoms with Gasteiger partial charge in [-0.2, -0.15) is 0 Å². The molecule has 1 aromatic heterocycles. The van der Waals surface area contributed by atoms with Crippen molar-refractivity contribution in [3.05, 3.63) is 174 Å². The van der Waals surface area contributed by atoms with Crippen molar-refractivity contribution in [1.82, 2.24) is 0 Å². The van der Waals surface area contributed by atoms with Crippen molar-refractivity contribution in [3.8, 4) is 33.4 Å². The first-order valence-corrected chi connectivity index (χ1v) is 18.5. The molecule has 2 N–H and O–H groups in total. The van der Waals surface area contributed by atoms with Gasteiger partial charge in [-0.1, -0.05) is 125 Å². The molecule has 0 radical (unpaired) electrons. The van der Waals surface area contributed by atoms with E-state index in [1.165, 1.54) is 31.3 Å². The highest BCUT2D eigenvalue weighted by Crippen LogP contribution is 2.42. The Morgan fingerprint density at radius 3 is 1.80 bits per heavy atom. The van der Waals surface area contributed by atoms with E-state index in [4.69, 9.17) is 5.73 Å². The Morgan fingerprint density at radius 1 is 0.490 bits per heavy atom. The second-order valence-corrected chi connectivity index (χ2v) is 14.3. The van der Waals surface area contributed by atoms with Crippen LogP contribution in [0.25, 0.3) is 58.0 Å². The zero-order valence-electron chi connectivity index (χ0n) is 26.4. The summed E-state index contributed by atoms with van der Waals surface area (Å²) in [5.74, 6) is 0. The van der Waals surface area contributed by atoms with Gasteiger partial charge in [0.2, 0.25) is 0 Å². The normalized spacial score (nSPS) is 11.7. The molecule has 0 spiro atoms. The fourth-order valence-electron chi connectivity index (χ4n) is 6.42. The minimum absolute atomic E-state index is 0.727. The van der Waals surface area contributed by atoms with Crippen LogP contribution >= 0.6 is 43.2 Å². The Morgan fingerprint density at radius 2 is 1.04 bits per heavy atom. The van der Waals surface area contributed by atoms with Gasteiger partial charge in [0.15, 0.2) is 0 Å². The third-order valence-corrected chi connectivity index (χ3v) is 11.8. The Hall–Kier alpha value is -4.94. The van der Waals surface area contributed by atoms with Crippen LogP contribution in [-0.2, 0) is 0 Å². The van der Waals surface area contributed by atoms with E-state index in [0.717, 1.165) is 55.0 Å². The Bertz CT molecular complexity index is 2470. The van der Waals surface area contributed by atoms with E-state index in [-0.39, 0.29) is 0 Å². The maximum atomic E-state index is 6.25. The lowest BCUT2D eigenvalue weighted by Crippen LogP contribution is -2.09. The minimum atomic E-state index is 0.727. The first-order chi connectivity index (χ1) is 24.1. The van der Waals surface area contributed by atoms with Crippen molar-refractivity contribution in [1.29, 1.82) is 0 Å². The lowest BCUT2D eigenvalue weighted by molar-refractivity contribution is 1.29. The van der Waals surface area contributed by atoms with Crippen LogP contribution in [0, 0.1) is 0 Å². The largest absolute Gasteiger partial charge is 0.398 e. The van der Waals surface area contributed by atoms with Crippen LogP contribution < -0.4 is 10.6 Å².